The van der Waals surface area contributed by atoms with Crippen molar-refractivity contribution >= 4 is 28.8 Å². The molecule has 15 heteroatoms. The molecule has 2 aliphatic carbocycles. The number of imidazole rings is 1. The zero-order valence-corrected chi connectivity index (χ0v) is 27.6. The first-order valence-corrected chi connectivity index (χ1v) is 16.8. The Morgan fingerprint density at radius 2 is 1.88 bits per heavy atom. The highest BCUT2D eigenvalue weighted by molar-refractivity contribution is 5.85. The number of aliphatic hydroxyl groups is 2. The van der Waals surface area contributed by atoms with E-state index in [1.54, 1.807) is 11.5 Å². The molecule has 262 valence electrons. The number of ether oxygens (including phenoxy) is 1. The van der Waals surface area contributed by atoms with Gasteiger partial charge in [-0.2, -0.15) is 23.1 Å². The second-order valence-corrected chi connectivity index (χ2v) is 13.4. The van der Waals surface area contributed by atoms with Crippen LogP contribution in [0.3, 0.4) is 0 Å². The first kappa shape index (κ1) is 34.3. The normalized spacial score (nSPS) is 27.8. The molecule has 0 bridgehead atoms. The number of nitrogens with one attached hydrogen (secondary N) is 1. The zero-order chi connectivity index (χ0) is 34.2. The van der Waals surface area contributed by atoms with Crippen molar-refractivity contribution in [3.05, 3.63) is 42.2 Å². The molecule has 0 spiro atoms. The van der Waals surface area contributed by atoms with Crippen LogP contribution < -0.4 is 10.2 Å². The largest absolute Gasteiger partial charge is 0.471 e. The number of carbonyl (C=O) groups is 1. The van der Waals surface area contributed by atoms with Crippen LogP contribution in [0.1, 0.15) is 57.1 Å². The number of aromatic nitrogens is 4. The van der Waals surface area contributed by atoms with Crippen LogP contribution in [0.15, 0.2) is 36.7 Å². The summed E-state index contributed by atoms with van der Waals surface area (Å²) in [4.78, 5) is 31.7. The monoisotopic (exact) mass is 674 g/mol. The summed E-state index contributed by atoms with van der Waals surface area (Å²) in [6.45, 7) is 3.37. The Kier molecular flexibility index (Phi) is 10.1. The quantitative estimate of drug-likeness (QED) is 0.278. The van der Waals surface area contributed by atoms with Crippen molar-refractivity contribution in [2.24, 2.45) is 0 Å². The predicted molar refractivity (Wildman–Crippen MR) is 173 cm³/mol. The summed E-state index contributed by atoms with van der Waals surface area (Å²) >= 11 is 0. The lowest BCUT2D eigenvalue weighted by Gasteiger charge is -2.31. The van der Waals surface area contributed by atoms with Gasteiger partial charge in [-0.3, -0.25) is 4.79 Å². The third-order valence-electron chi connectivity index (χ3n) is 10.0. The second kappa shape index (κ2) is 14.1. The Morgan fingerprint density at radius 3 is 2.56 bits per heavy atom. The lowest BCUT2D eigenvalue weighted by atomic mass is 10.1. The fourth-order valence-electron chi connectivity index (χ4n) is 7.37. The maximum atomic E-state index is 13.5. The molecule has 1 saturated heterocycles. The van der Waals surface area contributed by atoms with Crippen LogP contribution in [0.25, 0.3) is 11.2 Å². The fourth-order valence-corrected chi connectivity index (χ4v) is 7.37. The Hall–Kier alpha value is -3.53. The van der Waals surface area contributed by atoms with E-state index in [0.29, 0.717) is 47.0 Å². The van der Waals surface area contributed by atoms with Crippen LogP contribution in [-0.2, 0) is 16.1 Å². The van der Waals surface area contributed by atoms with E-state index < -0.39 is 36.4 Å². The summed E-state index contributed by atoms with van der Waals surface area (Å²) in [5, 5.41) is 25.8. The van der Waals surface area contributed by atoms with Crippen LogP contribution in [-0.4, -0.2) is 122 Å². The van der Waals surface area contributed by atoms with Gasteiger partial charge >= 0.3 is 12.1 Å². The van der Waals surface area contributed by atoms with Crippen LogP contribution in [0, 0.1) is 0 Å². The molecule has 48 heavy (non-hydrogen) atoms. The Balaban J connectivity index is 1.32. The van der Waals surface area contributed by atoms with E-state index in [-0.39, 0.29) is 31.5 Å². The predicted octanol–water partition coefficient (Wildman–Crippen LogP) is 3.35. The number of anilines is 2. The molecule has 2 aromatic heterocycles. The van der Waals surface area contributed by atoms with Crippen LogP contribution in [0.4, 0.5) is 24.9 Å². The van der Waals surface area contributed by atoms with Gasteiger partial charge in [0.15, 0.2) is 17.0 Å². The number of alkyl halides is 3. The molecule has 3 heterocycles. The summed E-state index contributed by atoms with van der Waals surface area (Å²) in [7, 11) is 4.06. The van der Waals surface area contributed by atoms with Crippen LogP contribution in [0.2, 0.25) is 0 Å². The lowest BCUT2D eigenvalue weighted by molar-refractivity contribution is -0.190. The molecule has 0 unspecified atom stereocenters. The van der Waals surface area contributed by atoms with E-state index >= 15 is 0 Å². The number of halogens is 3. The molecule has 0 radical (unpaired) electrons. The molecule has 1 aromatic carbocycles. The maximum Gasteiger partial charge on any atom is 0.471 e. The minimum Gasteiger partial charge on any atom is -0.388 e. The van der Waals surface area contributed by atoms with E-state index in [1.165, 1.54) is 6.33 Å². The van der Waals surface area contributed by atoms with Crippen molar-refractivity contribution < 1.29 is 32.9 Å². The molecular formula is C33H45F3N8O4. The standard InChI is InChI=1S/C33H45F3N8O4/c1-4-14-43(31(47)33(34,35)36)23-16-24(28(46)27(23)45)44-19-37-26-29(39-32(40-30(26)44)42-15-13-21(17-42)41(2)3)38-22-11-8-12-25(22)48-18-20-9-6-5-7-10-20/h5-7,9-10,19,21-25,27-28,45-46H,4,8,11-18H2,1-3H3,(H,38,39,40)/t21-,22+,23+,24-,25+,27-,28+/m1/s1. The van der Waals surface area contributed by atoms with Gasteiger partial charge in [0.1, 0.15) is 12.2 Å². The number of carbonyl (C=O) groups excluding carboxylic acids is 1. The number of nitrogens with zero attached hydrogens (tertiary/aromatic N) is 7. The lowest BCUT2D eigenvalue weighted by Crippen LogP contribution is -2.51. The summed E-state index contributed by atoms with van der Waals surface area (Å²) in [6.07, 6.45) is -2.95. The minimum atomic E-state index is -5.11. The van der Waals surface area contributed by atoms with E-state index in [2.05, 4.69) is 20.1 Å². The Morgan fingerprint density at radius 1 is 1.10 bits per heavy atom. The number of benzene rings is 1. The number of amides is 1. The average Bonchev–Trinajstić information content (AvgIpc) is 3.86. The molecule has 1 aliphatic heterocycles. The van der Waals surface area contributed by atoms with E-state index in [9.17, 15) is 28.2 Å². The molecule has 3 aromatic rings. The van der Waals surface area contributed by atoms with E-state index in [0.717, 1.165) is 37.8 Å². The number of fused-ring (bicyclic) bond motifs is 1. The summed E-state index contributed by atoms with van der Waals surface area (Å²) in [5.41, 5.74) is 1.91. The SMILES string of the molecule is CCCN(C(=O)C(F)(F)F)[C@H]1C[C@@H](n2cnc3c(N[C@H]4CCC[C@@H]4OCc4ccccc4)nc(N4CC[C@@H](N(C)C)C4)nc32)[C@H](O)[C@@H]1O. The number of hydrogen-bond acceptors (Lipinski definition) is 10. The summed E-state index contributed by atoms with van der Waals surface area (Å²) < 4.78 is 48.6. The van der Waals surface area contributed by atoms with E-state index in [4.69, 9.17) is 14.7 Å². The maximum absolute atomic E-state index is 13.5. The van der Waals surface area contributed by atoms with Crippen molar-refractivity contribution in [1.29, 1.82) is 0 Å². The number of rotatable bonds is 11. The number of aliphatic hydroxyl groups excluding tert-OH is 2. The van der Waals surface area contributed by atoms with Gasteiger partial charge in [-0.1, -0.05) is 37.3 Å². The van der Waals surface area contributed by atoms with Gasteiger partial charge in [-0.25, -0.2) is 4.98 Å². The Labute approximate surface area is 277 Å². The third-order valence-corrected chi connectivity index (χ3v) is 10.0. The summed E-state index contributed by atoms with van der Waals surface area (Å²) in [6, 6.07) is 8.13. The molecule has 3 fully saturated rings. The summed E-state index contributed by atoms with van der Waals surface area (Å²) in [5.74, 6) is -1.05. The van der Waals surface area contributed by atoms with Gasteiger partial charge in [-0.15, -0.1) is 0 Å². The van der Waals surface area contributed by atoms with Crippen molar-refractivity contribution in [3.8, 4) is 0 Å². The van der Waals surface area contributed by atoms with E-state index in [1.807, 2.05) is 44.4 Å². The molecule has 3 N–H and O–H groups in total. The third kappa shape index (κ3) is 6.96. The highest BCUT2D eigenvalue weighted by atomic mass is 19.4. The van der Waals surface area contributed by atoms with Crippen molar-refractivity contribution in [2.45, 2.75) is 101 Å². The van der Waals surface area contributed by atoms with Gasteiger partial charge in [0, 0.05) is 25.7 Å². The second-order valence-electron chi connectivity index (χ2n) is 13.4. The first-order chi connectivity index (χ1) is 23.0. The zero-order valence-electron chi connectivity index (χ0n) is 27.6. The van der Waals surface area contributed by atoms with Gasteiger partial charge in [-0.05, 0) is 58.2 Å². The van der Waals surface area contributed by atoms with Crippen molar-refractivity contribution in [2.75, 3.05) is 43.9 Å². The molecular weight excluding hydrogens is 629 g/mol. The minimum absolute atomic E-state index is 0.0443. The van der Waals surface area contributed by atoms with Gasteiger partial charge in [0.05, 0.1) is 37.2 Å². The van der Waals surface area contributed by atoms with Crippen LogP contribution >= 0.6 is 0 Å². The fraction of sp³-hybridized carbons (Fsp3) is 0.636. The van der Waals surface area contributed by atoms with Crippen molar-refractivity contribution in [1.82, 2.24) is 29.3 Å². The number of likely N-dealkylation sites (N-methyl/N-ethyl adjacent to an activating group) is 1. The molecule has 1 amide bonds. The molecule has 12 nitrogen and oxygen atoms in total. The molecule has 6 rings (SSSR count). The number of hydrogen-bond donors (Lipinski definition) is 3. The van der Waals surface area contributed by atoms with Gasteiger partial charge in [0.2, 0.25) is 5.95 Å². The smallest absolute Gasteiger partial charge is 0.388 e. The van der Waals surface area contributed by atoms with Gasteiger partial charge < -0.3 is 39.5 Å². The molecule has 7 atom stereocenters. The van der Waals surface area contributed by atoms with Crippen LogP contribution in [0.5, 0.6) is 0 Å². The highest BCUT2D eigenvalue weighted by Crippen LogP contribution is 2.39. The molecule has 3 aliphatic rings. The molecule has 2 saturated carbocycles. The average molecular weight is 675 g/mol. The van der Waals surface area contributed by atoms with Gasteiger partial charge in [0.25, 0.3) is 0 Å². The first-order valence-electron chi connectivity index (χ1n) is 16.8. The topological polar surface area (TPSA) is 132 Å². The highest BCUT2D eigenvalue weighted by Gasteiger charge is 2.51. The van der Waals surface area contributed by atoms with Crippen molar-refractivity contribution in [3.63, 3.8) is 0 Å². The Bertz CT molecular complexity index is 1560.